The van der Waals surface area contributed by atoms with Crippen molar-refractivity contribution in [2.75, 3.05) is 18.6 Å². The molecule has 1 saturated heterocycles. The average Bonchev–Trinajstić information content (AvgIpc) is 2.90. The van der Waals surface area contributed by atoms with E-state index in [4.69, 9.17) is 4.74 Å². The van der Waals surface area contributed by atoms with Gasteiger partial charge in [-0.05, 0) is 48.0 Å². The number of methoxy groups -OCH3 is 1. The number of rotatable bonds is 2. The van der Waals surface area contributed by atoms with Gasteiger partial charge in [-0.1, -0.05) is 15.9 Å². The number of aromatic amines is 1. The molecule has 0 radical (unpaired) electrons. The summed E-state index contributed by atoms with van der Waals surface area (Å²) in [7, 11) is 1.41. The maximum absolute atomic E-state index is 11.9. The van der Waals surface area contributed by atoms with Crippen LogP contribution in [0.5, 0.6) is 0 Å². The van der Waals surface area contributed by atoms with E-state index in [9.17, 15) is 4.79 Å². The molecule has 0 unspecified atom stereocenters. The Labute approximate surface area is 130 Å². The van der Waals surface area contributed by atoms with Crippen LogP contribution in [0.25, 0.3) is 10.9 Å². The Kier molecular flexibility index (Phi) is 4.08. The van der Waals surface area contributed by atoms with Gasteiger partial charge in [0.1, 0.15) is 0 Å². The van der Waals surface area contributed by atoms with Crippen LogP contribution < -0.4 is 0 Å². The quantitative estimate of drug-likeness (QED) is 0.817. The molecule has 2 heterocycles. The van der Waals surface area contributed by atoms with E-state index in [0.717, 1.165) is 15.4 Å². The van der Waals surface area contributed by atoms with Gasteiger partial charge in [-0.3, -0.25) is 0 Å². The fraction of sp³-hybridized carbons (Fsp3) is 0.400. The van der Waals surface area contributed by atoms with E-state index in [2.05, 4.69) is 33.2 Å². The summed E-state index contributed by atoms with van der Waals surface area (Å²) in [6.45, 7) is 0. The highest BCUT2D eigenvalue weighted by Gasteiger charge is 2.21. The Morgan fingerprint density at radius 2 is 2.15 bits per heavy atom. The first-order chi connectivity index (χ1) is 9.70. The predicted molar refractivity (Wildman–Crippen MR) is 86.6 cm³/mol. The summed E-state index contributed by atoms with van der Waals surface area (Å²) >= 11 is 5.52. The molecule has 1 aliphatic rings. The van der Waals surface area contributed by atoms with Gasteiger partial charge in [-0.2, -0.15) is 11.8 Å². The predicted octanol–water partition coefficient (Wildman–Crippen LogP) is 4.33. The van der Waals surface area contributed by atoms with Crippen LogP contribution in [0.1, 0.15) is 34.7 Å². The van der Waals surface area contributed by atoms with Gasteiger partial charge in [-0.25, -0.2) is 4.79 Å². The van der Waals surface area contributed by atoms with Gasteiger partial charge in [0.15, 0.2) is 0 Å². The molecule has 2 aromatic rings. The number of aromatic nitrogens is 1. The fourth-order valence-corrected chi connectivity index (χ4v) is 4.40. The van der Waals surface area contributed by atoms with E-state index in [1.54, 1.807) is 0 Å². The normalized spacial score (nSPS) is 16.5. The van der Waals surface area contributed by atoms with E-state index >= 15 is 0 Å². The Hall–Kier alpha value is -0.940. The maximum Gasteiger partial charge on any atom is 0.340 e. The molecular formula is C15H16BrNO2S. The third-order valence-electron chi connectivity index (χ3n) is 3.85. The minimum absolute atomic E-state index is 0.302. The molecule has 0 bridgehead atoms. The Morgan fingerprint density at radius 1 is 1.40 bits per heavy atom. The number of nitrogens with one attached hydrogen (secondary N) is 1. The number of carbonyl (C=O) groups is 1. The van der Waals surface area contributed by atoms with E-state index in [1.807, 2.05) is 17.8 Å². The average molecular weight is 354 g/mol. The van der Waals surface area contributed by atoms with Crippen LogP contribution in [-0.4, -0.2) is 29.6 Å². The van der Waals surface area contributed by atoms with Gasteiger partial charge in [-0.15, -0.1) is 0 Å². The summed E-state index contributed by atoms with van der Waals surface area (Å²) in [6.07, 6.45) is 4.47. The van der Waals surface area contributed by atoms with E-state index in [-0.39, 0.29) is 5.97 Å². The van der Waals surface area contributed by atoms with Crippen molar-refractivity contribution in [1.29, 1.82) is 0 Å². The number of ether oxygens (including phenoxy) is 1. The Bertz CT molecular complexity index is 647. The van der Waals surface area contributed by atoms with Crippen LogP contribution in [0.2, 0.25) is 0 Å². The molecule has 5 heteroatoms. The van der Waals surface area contributed by atoms with Crippen molar-refractivity contribution in [3.05, 3.63) is 33.9 Å². The molecule has 0 spiro atoms. The smallest absolute Gasteiger partial charge is 0.340 e. The lowest BCUT2D eigenvalue weighted by Gasteiger charge is -2.21. The highest BCUT2D eigenvalue weighted by Crippen LogP contribution is 2.37. The van der Waals surface area contributed by atoms with Gasteiger partial charge < -0.3 is 9.72 Å². The molecule has 1 N–H and O–H groups in total. The van der Waals surface area contributed by atoms with Crippen LogP contribution in [0.3, 0.4) is 0 Å². The number of esters is 1. The number of hydrogen-bond acceptors (Lipinski definition) is 3. The maximum atomic E-state index is 11.9. The summed E-state index contributed by atoms with van der Waals surface area (Å²) in [5, 5.41) is 1.14. The fourth-order valence-electron chi connectivity index (χ4n) is 2.84. The molecule has 1 aromatic heterocycles. The molecular weight excluding hydrogens is 338 g/mol. The number of halogens is 1. The minimum Gasteiger partial charge on any atom is -0.465 e. The zero-order chi connectivity index (χ0) is 14.1. The molecule has 0 saturated carbocycles. The monoisotopic (exact) mass is 353 g/mol. The van der Waals surface area contributed by atoms with Crippen LogP contribution in [-0.2, 0) is 4.74 Å². The van der Waals surface area contributed by atoms with Gasteiger partial charge >= 0.3 is 5.97 Å². The zero-order valence-corrected chi connectivity index (χ0v) is 13.6. The number of fused-ring (bicyclic) bond motifs is 1. The highest BCUT2D eigenvalue weighted by atomic mass is 79.9. The molecule has 0 aliphatic carbocycles. The Morgan fingerprint density at radius 3 is 2.85 bits per heavy atom. The van der Waals surface area contributed by atoms with Gasteiger partial charge in [0.25, 0.3) is 0 Å². The topological polar surface area (TPSA) is 42.1 Å². The minimum atomic E-state index is -0.302. The summed E-state index contributed by atoms with van der Waals surface area (Å²) in [5.74, 6) is 2.72. The number of benzene rings is 1. The lowest BCUT2D eigenvalue weighted by atomic mass is 9.92. The summed E-state index contributed by atoms with van der Waals surface area (Å²) < 4.78 is 5.78. The number of H-pyrrole nitrogens is 1. The van der Waals surface area contributed by atoms with Crippen molar-refractivity contribution in [2.24, 2.45) is 0 Å². The molecule has 20 heavy (non-hydrogen) atoms. The van der Waals surface area contributed by atoms with Crippen LogP contribution in [0.15, 0.2) is 22.8 Å². The van der Waals surface area contributed by atoms with E-state index < -0.39 is 0 Å². The first-order valence-electron chi connectivity index (χ1n) is 6.67. The van der Waals surface area contributed by atoms with E-state index in [0.29, 0.717) is 11.5 Å². The van der Waals surface area contributed by atoms with E-state index in [1.165, 1.54) is 37.0 Å². The summed E-state index contributed by atoms with van der Waals surface area (Å²) in [4.78, 5) is 15.2. The van der Waals surface area contributed by atoms with Crippen molar-refractivity contribution < 1.29 is 9.53 Å². The van der Waals surface area contributed by atoms with Gasteiger partial charge in [0, 0.05) is 16.1 Å². The lowest BCUT2D eigenvalue weighted by Crippen LogP contribution is -2.07. The van der Waals surface area contributed by atoms with Gasteiger partial charge in [0.2, 0.25) is 0 Å². The second-order valence-corrected chi connectivity index (χ2v) is 7.14. The van der Waals surface area contributed by atoms with Gasteiger partial charge in [0.05, 0.1) is 18.2 Å². The third kappa shape index (κ3) is 2.49. The SMILES string of the molecule is COC(=O)c1cc(Br)cc2c(C3CCSCC3)c[nH]c12. The van der Waals surface area contributed by atoms with Crippen molar-refractivity contribution in [2.45, 2.75) is 18.8 Å². The summed E-state index contributed by atoms with van der Waals surface area (Å²) in [6, 6.07) is 3.90. The van der Waals surface area contributed by atoms with Crippen LogP contribution in [0, 0.1) is 0 Å². The molecule has 1 aromatic carbocycles. The molecule has 1 aliphatic heterocycles. The number of carbonyl (C=O) groups excluding carboxylic acids is 1. The Balaban J connectivity index is 2.11. The third-order valence-corrected chi connectivity index (χ3v) is 5.36. The second-order valence-electron chi connectivity index (χ2n) is 5.00. The molecule has 1 fully saturated rings. The van der Waals surface area contributed by atoms with Crippen molar-refractivity contribution in [3.63, 3.8) is 0 Å². The standard InChI is InChI=1S/C15H16BrNO2S/c1-19-15(18)12-7-10(16)6-11-13(8-17-14(11)12)9-2-4-20-5-3-9/h6-9,17H,2-5H2,1H3. The first kappa shape index (κ1) is 14.0. The van der Waals surface area contributed by atoms with Crippen molar-refractivity contribution >= 4 is 44.6 Å². The van der Waals surface area contributed by atoms with Crippen molar-refractivity contribution in [3.8, 4) is 0 Å². The second kappa shape index (κ2) is 5.82. The molecule has 106 valence electrons. The number of hydrogen-bond donors (Lipinski definition) is 1. The summed E-state index contributed by atoms with van der Waals surface area (Å²) in [5.41, 5.74) is 2.80. The molecule has 0 amide bonds. The largest absolute Gasteiger partial charge is 0.465 e. The highest BCUT2D eigenvalue weighted by molar-refractivity contribution is 9.10. The van der Waals surface area contributed by atoms with Crippen LogP contribution >= 0.6 is 27.7 Å². The molecule has 0 atom stereocenters. The lowest BCUT2D eigenvalue weighted by molar-refractivity contribution is 0.0602. The molecule has 3 rings (SSSR count). The van der Waals surface area contributed by atoms with Crippen LogP contribution in [0.4, 0.5) is 0 Å². The number of thioether (sulfide) groups is 1. The zero-order valence-electron chi connectivity index (χ0n) is 11.2. The van der Waals surface area contributed by atoms with Crippen molar-refractivity contribution in [1.82, 2.24) is 4.98 Å². The first-order valence-corrected chi connectivity index (χ1v) is 8.62. The molecule has 3 nitrogen and oxygen atoms in total.